The van der Waals surface area contributed by atoms with Crippen molar-refractivity contribution in [3.63, 3.8) is 0 Å². The van der Waals surface area contributed by atoms with Crippen molar-refractivity contribution < 1.29 is 4.52 Å². The van der Waals surface area contributed by atoms with Gasteiger partial charge < -0.3 is 14.7 Å². The van der Waals surface area contributed by atoms with E-state index in [2.05, 4.69) is 71.4 Å². The van der Waals surface area contributed by atoms with Crippen molar-refractivity contribution in [1.82, 2.24) is 20.3 Å². The molecule has 29 heavy (non-hydrogen) atoms. The number of rotatable bonds is 7. The highest BCUT2D eigenvalue weighted by atomic mass is 127. The van der Waals surface area contributed by atoms with Crippen LogP contribution in [0, 0.1) is 5.41 Å². The molecule has 1 aliphatic heterocycles. The summed E-state index contributed by atoms with van der Waals surface area (Å²) in [4.78, 5) is 9.78. The van der Waals surface area contributed by atoms with Crippen molar-refractivity contribution in [1.29, 1.82) is 0 Å². The van der Waals surface area contributed by atoms with Gasteiger partial charge in [-0.1, -0.05) is 49.3 Å². The number of guanidine groups is 1. The van der Waals surface area contributed by atoms with Gasteiger partial charge in [-0.25, -0.2) is 0 Å². The molecule has 1 aromatic carbocycles. The Bertz CT molecular complexity index is 725. The highest BCUT2D eigenvalue weighted by molar-refractivity contribution is 14.0. The average Bonchev–Trinajstić information content (AvgIpc) is 3.19. The van der Waals surface area contributed by atoms with Gasteiger partial charge in [0.15, 0.2) is 5.96 Å². The monoisotopic (exact) mass is 511 g/mol. The van der Waals surface area contributed by atoms with Crippen molar-refractivity contribution in [2.45, 2.75) is 33.7 Å². The van der Waals surface area contributed by atoms with E-state index in [1.807, 2.05) is 6.07 Å². The summed E-state index contributed by atoms with van der Waals surface area (Å²) in [5.41, 5.74) is 2.49. The van der Waals surface area contributed by atoms with Crippen LogP contribution in [0.25, 0.3) is 0 Å². The van der Waals surface area contributed by atoms with E-state index in [1.54, 1.807) is 6.26 Å². The molecule has 2 heterocycles. The third kappa shape index (κ3) is 7.62. The lowest BCUT2D eigenvalue weighted by Gasteiger charge is -2.36. The molecule has 0 atom stereocenters. The van der Waals surface area contributed by atoms with Gasteiger partial charge in [0.25, 0.3) is 0 Å². The molecule has 1 aliphatic rings. The van der Waals surface area contributed by atoms with Crippen LogP contribution in [0.4, 0.5) is 0 Å². The summed E-state index contributed by atoms with van der Waals surface area (Å²) in [6, 6.07) is 12.6. The van der Waals surface area contributed by atoms with Crippen molar-refractivity contribution >= 4 is 29.9 Å². The first kappa shape index (κ1) is 23.7. The maximum atomic E-state index is 4.99. The van der Waals surface area contributed by atoms with Gasteiger partial charge in [0, 0.05) is 51.9 Å². The highest BCUT2D eigenvalue weighted by Gasteiger charge is 2.22. The van der Waals surface area contributed by atoms with Crippen LogP contribution in [0.3, 0.4) is 0 Å². The van der Waals surface area contributed by atoms with E-state index in [-0.39, 0.29) is 29.4 Å². The summed E-state index contributed by atoms with van der Waals surface area (Å²) in [7, 11) is 0. The van der Waals surface area contributed by atoms with Crippen LogP contribution in [0.5, 0.6) is 0 Å². The maximum absolute atomic E-state index is 4.99. The Labute approximate surface area is 191 Å². The summed E-state index contributed by atoms with van der Waals surface area (Å²) in [6.45, 7) is 13.2. The number of nitrogens with zero attached hydrogens (tertiary/aromatic N) is 4. The minimum absolute atomic E-state index is 0. The summed E-state index contributed by atoms with van der Waals surface area (Å²) in [5.74, 6) is 1.03. The zero-order chi connectivity index (χ0) is 19.8. The Balaban J connectivity index is 0.00000300. The molecule has 6 nitrogen and oxygen atoms in total. The predicted molar refractivity (Wildman–Crippen MR) is 129 cm³/mol. The number of aromatic nitrogens is 1. The summed E-state index contributed by atoms with van der Waals surface area (Å²) >= 11 is 0. The Kier molecular flexibility index (Phi) is 9.42. The molecular weight excluding hydrogens is 477 g/mol. The van der Waals surface area contributed by atoms with Crippen LogP contribution in [0.1, 0.15) is 32.0 Å². The van der Waals surface area contributed by atoms with Crippen LogP contribution < -0.4 is 5.32 Å². The molecule has 160 valence electrons. The van der Waals surface area contributed by atoms with E-state index in [4.69, 9.17) is 9.52 Å². The van der Waals surface area contributed by atoms with Gasteiger partial charge in [-0.2, -0.15) is 0 Å². The van der Waals surface area contributed by atoms with E-state index in [0.717, 1.165) is 63.9 Å². The van der Waals surface area contributed by atoms with Crippen molar-refractivity contribution in [2.24, 2.45) is 10.4 Å². The van der Waals surface area contributed by atoms with Crippen molar-refractivity contribution in [3.05, 3.63) is 53.9 Å². The molecule has 3 rings (SSSR count). The fourth-order valence-electron chi connectivity index (χ4n) is 3.59. The summed E-state index contributed by atoms with van der Waals surface area (Å²) in [5, 5.41) is 7.50. The van der Waals surface area contributed by atoms with Crippen LogP contribution in [-0.4, -0.2) is 60.2 Å². The number of halogens is 1. The van der Waals surface area contributed by atoms with E-state index < -0.39 is 0 Å². The Morgan fingerprint density at radius 3 is 2.48 bits per heavy atom. The molecule has 0 amide bonds. The molecule has 0 saturated carbocycles. The van der Waals surface area contributed by atoms with Gasteiger partial charge >= 0.3 is 0 Å². The molecule has 7 heteroatoms. The second kappa shape index (κ2) is 11.5. The fraction of sp³-hybridized carbons (Fsp3) is 0.545. The molecule has 0 bridgehead atoms. The lowest BCUT2D eigenvalue weighted by molar-refractivity contribution is 0.168. The number of piperazine rings is 1. The Morgan fingerprint density at radius 1 is 1.14 bits per heavy atom. The minimum Gasteiger partial charge on any atom is -0.364 e. The normalized spacial score (nSPS) is 15.8. The molecule has 0 spiro atoms. The zero-order valence-corrected chi connectivity index (χ0v) is 20.1. The molecule has 1 N–H and O–H groups in total. The van der Waals surface area contributed by atoms with E-state index in [9.17, 15) is 0 Å². The number of benzene rings is 1. The lowest BCUT2D eigenvalue weighted by atomic mass is 9.86. The average molecular weight is 511 g/mol. The van der Waals surface area contributed by atoms with Crippen LogP contribution in [0.2, 0.25) is 0 Å². The molecule has 0 aliphatic carbocycles. The third-order valence-corrected chi connectivity index (χ3v) is 5.07. The maximum Gasteiger partial charge on any atom is 0.194 e. The fourth-order valence-corrected chi connectivity index (χ4v) is 3.59. The first-order valence-corrected chi connectivity index (χ1v) is 10.2. The van der Waals surface area contributed by atoms with Gasteiger partial charge in [0.1, 0.15) is 6.26 Å². The van der Waals surface area contributed by atoms with E-state index >= 15 is 0 Å². The standard InChI is InChI=1S/C22H33N5O.HI/c1-4-23-21(24-18-22(2,3)16-19-8-6-5-7-9-19)27-13-11-26(12-14-27)17-20-10-15-28-25-20;/h5-10,15H,4,11-14,16-18H2,1-3H3,(H,23,24);1H. The van der Waals surface area contributed by atoms with Gasteiger partial charge in [0.05, 0.1) is 5.69 Å². The molecule has 1 aromatic heterocycles. The van der Waals surface area contributed by atoms with Crippen LogP contribution >= 0.6 is 24.0 Å². The second-order valence-corrected chi connectivity index (χ2v) is 8.25. The van der Waals surface area contributed by atoms with Gasteiger partial charge in [-0.3, -0.25) is 9.89 Å². The topological polar surface area (TPSA) is 56.9 Å². The highest BCUT2D eigenvalue weighted by Crippen LogP contribution is 2.22. The third-order valence-electron chi connectivity index (χ3n) is 5.07. The predicted octanol–water partition coefficient (Wildman–Crippen LogP) is 3.64. The van der Waals surface area contributed by atoms with Gasteiger partial charge in [-0.15, -0.1) is 24.0 Å². The van der Waals surface area contributed by atoms with Crippen molar-refractivity contribution in [3.8, 4) is 0 Å². The second-order valence-electron chi connectivity index (χ2n) is 8.25. The zero-order valence-electron chi connectivity index (χ0n) is 17.8. The first-order chi connectivity index (χ1) is 13.6. The van der Waals surface area contributed by atoms with Crippen LogP contribution in [0.15, 0.2) is 52.2 Å². The van der Waals surface area contributed by atoms with Crippen molar-refractivity contribution in [2.75, 3.05) is 39.3 Å². The number of hydrogen-bond acceptors (Lipinski definition) is 4. The van der Waals surface area contributed by atoms with Gasteiger partial charge in [0.2, 0.25) is 0 Å². The largest absolute Gasteiger partial charge is 0.364 e. The molecule has 0 radical (unpaired) electrons. The summed E-state index contributed by atoms with van der Waals surface area (Å²) < 4.78 is 4.94. The van der Waals surface area contributed by atoms with Gasteiger partial charge in [-0.05, 0) is 24.3 Å². The SMILES string of the molecule is CCNC(=NCC(C)(C)Cc1ccccc1)N1CCN(Cc2ccon2)CC1.I. The Morgan fingerprint density at radius 2 is 1.86 bits per heavy atom. The van der Waals surface area contributed by atoms with E-state index in [0.29, 0.717) is 0 Å². The molecule has 0 unspecified atom stereocenters. The lowest BCUT2D eigenvalue weighted by Crippen LogP contribution is -2.52. The number of hydrogen-bond donors (Lipinski definition) is 1. The molecule has 1 saturated heterocycles. The van der Waals surface area contributed by atoms with Crippen LogP contribution in [-0.2, 0) is 13.0 Å². The summed E-state index contributed by atoms with van der Waals surface area (Å²) in [6.07, 6.45) is 2.67. The number of aliphatic imine (C=N–C) groups is 1. The molecule has 2 aromatic rings. The quantitative estimate of drug-likeness (QED) is 0.350. The first-order valence-electron chi connectivity index (χ1n) is 10.2. The smallest absolute Gasteiger partial charge is 0.194 e. The van der Waals surface area contributed by atoms with E-state index in [1.165, 1.54) is 5.56 Å². The molecular formula is C22H34IN5O. The number of nitrogens with one attached hydrogen (secondary N) is 1. The Hall–Kier alpha value is -1.61. The molecule has 1 fully saturated rings. The minimum atomic E-state index is 0.